The molecule has 0 amide bonds. The van der Waals surface area contributed by atoms with Crippen molar-refractivity contribution in [3.05, 3.63) is 199 Å². The molecule has 0 aliphatic heterocycles. The molecule has 0 bridgehead atoms. The fraction of sp³-hybridized carbons (Fsp3) is 0.0588. The number of para-hydroxylation sites is 1. The highest BCUT2D eigenvalue weighted by Gasteiger charge is 2.35. The Morgan fingerprint density at radius 3 is 1.77 bits per heavy atom. The maximum absolute atomic E-state index is 2.44. The minimum atomic E-state index is -0.0995. The quantitative estimate of drug-likeness (QED) is 0.166. The van der Waals surface area contributed by atoms with Crippen LogP contribution in [0.15, 0.2) is 188 Å². The van der Waals surface area contributed by atoms with Gasteiger partial charge < -0.3 is 4.90 Å². The van der Waals surface area contributed by atoms with Gasteiger partial charge in [-0.3, -0.25) is 0 Å². The molecule has 0 spiro atoms. The molecule has 0 saturated carbocycles. The Morgan fingerprint density at radius 1 is 0.365 bits per heavy atom. The Bertz CT molecular complexity index is 2800. The van der Waals surface area contributed by atoms with Crippen LogP contribution < -0.4 is 4.90 Å². The van der Waals surface area contributed by atoms with Gasteiger partial charge in [-0.15, -0.1) is 0 Å². The monoisotopic (exact) mass is 663 g/mol. The first kappa shape index (κ1) is 30.4. The van der Waals surface area contributed by atoms with Crippen molar-refractivity contribution in [1.29, 1.82) is 0 Å². The van der Waals surface area contributed by atoms with E-state index in [0.29, 0.717) is 0 Å². The molecule has 9 aromatic carbocycles. The zero-order valence-electron chi connectivity index (χ0n) is 29.3. The van der Waals surface area contributed by atoms with Gasteiger partial charge in [0.2, 0.25) is 0 Å². The van der Waals surface area contributed by atoms with Gasteiger partial charge in [0.25, 0.3) is 0 Å². The lowest BCUT2D eigenvalue weighted by atomic mass is 9.82. The van der Waals surface area contributed by atoms with Crippen molar-refractivity contribution in [2.75, 3.05) is 4.90 Å². The summed E-state index contributed by atoms with van der Waals surface area (Å²) in [6.45, 7) is 4.71. The standard InChI is InChI=1S/C51H37N/c1-51(2)46-21-10-8-19-44(46)45-32-31-40(33-47(45)51)52(48-22-11-9-17-41(48)34-13-4-3-5-14-34)39-29-27-36(28-30-39)43-20-12-16-37-25-26-38-24-23-35-15-6-7-18-42(35)50(38)49(37)43/h3-33H,1-2H3. The minimum Gasteiger partial charge on any atom is -0.310 e. The van der Waals surface area contributed by atoms with Crippen LogP contribution in [0.1, 0.15) is 25.0 Å². The molecule has 1 aliphatic carbocycles. The Balaban J connectivity index is 1.16. The van der Waals surface area contributed by atoms with E-state index >= 15 is 0 Å². The predicted octanol–water partition coefficient (Wildman–Crippen LogP) is 14.3. The molecular formula is C51H37N. The molecule has 0 aromatic heterocycles. The van der Waals surface area contributed by atoms with E-state index in [2.05, 4.69) is 207 Å². The molecule has 0 fully saturated rings. The molecule has 9 aromatic rings. The molecule has 52 heavy (non-hydrogen) atoms. The highest BCUT2D eigenvalue weighted by molar-refractivity contribution is 6.24. The highest BCUT2D eigenvalue weighted by Crippen LogP contribution is 2.51. The van der Waals surface area contributed by atoms with Gasteiger partial charge in [-0.2, -0.15) is 0 Å². The lowest BCUT2D eigenvalue weighted by molar-refractivity contribution is 0.660. The summed E-state index contributed by atoms with van der Waals surface area (Å²) >= 11 is 0. The Morgan fingerprint density at radius 2 is 0.942 bits per heavy atom. The second-order valence-electron chi connectivity index (χ2n) is 14.5. The van der Waals surface area contributed by atoms with Crippen LogP contribution in [0.3, 0.4) is 0 Å². The fourth-order valence-corrected chi connectivity index (χ4v) is 8.69. The van der Waals surface area contributed by atoms with Crippen LogP contribution in [0.25, 0.3) is 65.7 Å². The predicted molar refractivity (Wildman–Crippen MR) is 222 cm³/mol. The molecule has 246 valence electrons. The van der Waals surface area contributed by atoms with Gasteiger partial charge in [0.15, 0.2) is 0 Å². The number of fused-ring (bicyclic) bond motifs is 8. The van der Waals surface area contributed by atoms with Crippen molar-refractivity contribution in [3.8, 4) is 33.4 Å². The highest BCUT2D eigenvalue weighted by atomic mass is 15.1. The maximum Gasteiger partial charge on any atom is 0.0540 e. The summed E-state index contributed by atoms with van der Waals surface area (Å²) in [5.41, 5.74) is 13.6. The summed E-state index contributed by atoms with van der Waals surface area (Å²) in [6, 6.07) is 69.2. The molecule has 1 nitrogen and oxygen atoms in total. The third kappa shape index (κ3) is 4.70. The first-order valence-electron chi connectivity index (χ1n) is 18.2. The third-order valence-electron chi connectivity index (χ3n) is 11.2. The topological polar surface area (TPSA) is 3.24 Å². The summed E-state index contributed by atoms with van der Waals surface area (Å²) < 4.78 is 0. The molecule has 0 radical (unpaired) electrons. The van der Waals surface area contributed by atoms with E-state index < -0.39 is 0 Å². The van der Waals surface area contributed by atoms with E-state index in [-0.39, 0.29) is 5.41 Å². The lowest BCUT2D eigenvalue weighted by Gasteiger charge is -2.30. The summed E-state index contributed by atoms with van der Waals surface area (Å²) in [5, 5.41) is 7.69. The van der Waals surface area contributed by atoms with Gasteiger partial charge in [0, 0.05) is 22.4 Å². The maximum atomic E-state index is 2.44. The SMILES string of the molecule is CC1(C)c2ccccc2-c2ccc(N(c3ccc(-c4cccc5ccc6ccc7ccccc7c6c45)cc3)c3ccccc3-c3ccccc3)cc21. The average molecular weight is 664 g/mol. The molecule has 1 heteroatoms. The molecule has 0 unspecified atom stereocenters. The zero-order chi connectivity index (χ0) is 34.8. The van der Waals surface area contributed by atoms with E-state index in [1.54, 1.807) is 0 Å². The molecule has 0 N–H and O–H groups in total. The average Bonchev–Trinajstić information content (AvgIpc) is 3.43. The van der Waals surface area contributed by atoms with Gasteiger partial charge in [0.1, 0.15) is 0 Å². The van der Waals surface area contributed by atoms with E-state index in [9.17, 15) is 0 Å². The van der Waals surface area contributed by atoms with Crippen molar-refractivity contribution >= 4 is 49.4 Å². The van der Waals surface area contributed by atoms with Gasteiger partial charge in [-0.1, -0.05) is 172 Å². The van der Waals surface area contributed by atoms with Crippen LogP contribution >= 0.6 is 0 Å². The Labute approximate surface area is 305 Å². The van der Waals surface area contributed by atoms with E-state index in [4.69, 9.17) is 0 Å². The van der Waals surface area contributed by atoms with Crippen LogP contribution in [-0.4, -0.2) is 0 Å². The van der Waals surface area contributed by atoms with Crippen LogP contribution in [0.2, 0.25) is 0 Å². The number of nitrogens with zero attached hydrogens (tertiary/aromatic N) is 1. The smallest absolute Gasteiger partial charge is 0.0540 e. The number of hydrogen-bond acceptors (Lipinski definition) is 1. The molecule has 0 atom stereocenters. The van der Waals surface area contributed by atoms with Crippen molar-refractivity contribution in [1.82, 2.24) is 0 Å². The first-order chi connectivity index (χ1) is 25.6. The molecule has 1 aliphatic rings. The zero-order valence-corrected chi connectivity index (χ0v) is 29.3. The van der Waals surface area contributed by atoms with Crippen LogP contribution in [0, 0.1) is 0 Å². The Kier molecular flexibility index (Phi) is 6.91. The molecule has 10 rings (SSSR count). The first-order valence-corrected chi connectivity index (χ1v) is 18.2. The minimum absolute atomic E-state index is 0.0995. The fourth-order valence-electron chi connectivity index (χ4n) is 8.69. The summed E-state index contributed by atoms with van der Waals surface area (Å²) in [6.07, 6.45) is 0. The van der Waals surface area contributed by atoms with E-state index in [0.717, 1.165) is 17.1 Å². The van der Waals surface area contributed by atoms with Crippen molar-refractivity contribution in [2.45, 2.75) is 19.3 Å². The second kappa shape index (κ2) is 11.8. The number of rotatable bonds is 5. The van der Waals surface area contributed by atoms with Gasteiger partial charge in [-0.25, -0.2) is 0 Å². The lowest BCUT2D eigenvalue weighted by Crippen LogP contribution is -2.16. The van der Waals surface area contributed by atoms with E-state index in [1.807, 2.05) is 0 Å². The summed E-state index contributed by atoms with van der Waals surface area (Å²) in [7, 11) is 0. The van der Waals surface area contributed by atoms with Gasteiger partial charge in [0.05, 0.1) is 5.69 Å². The number of hydrogen-bond donors (Lipinski definition) is 0. The van der Waals surface area contributed by atoms with Gasteiger partial charge in [-0.05, 0) is 102 Å². The molecule has 0 heterocycles. The normalized spacial score (nSPS) is 13.0. The summed E-state index contributed by atoms with van der Waals surface area (Å²) in [5.74, 6) is 0. The van der Waals surface area contributed by atoms with Crippen LogP contribution in [0.5, 0.6) is 0 Å². The van der Waals surface area contributed by atoms with Crippen molar-refractivity contribution in [3.63, 3.8) is 0 Å². The van der Waals surface area contributed by atoms with Crippen LogP contribution in [0.4, 0.5) is 17.1 Å². The van der Waals surface area contributed by atoms with Crippen LogP contribution in [-0.2, 0) is 5.41 Å². The molecule has 0 saturated heterocycles. The second-order valence-corrected chi connectivity index (χ2v) is 14.5. The summed E-state index contributed by atoms with van der Waals surface area (Å²) in [4.78, 5) is 2.44. The number of anilines is 3. The van der Waals surface area contributed by atoms with Gasteiger partial charge >= 0.3 is 0 Å². The van der Waals surface area contributed by atoms with Crippen molar-refractivity contribution < 1.29 is 0 Å². The molecular weight excluding hydrogens is 627 g/mol. The number of benzene rings is 9. The van der Waals surface area contributed by atoms with E-state index in [1.165, 1.54) is 76.8 Å². The van der Waals surface area contributed by atoms with Crippen molar-refractivity contribution in [2.24, 2.45) is 0 Å². The third-order valence-corrected chi connectivity index (χ3v) is 11.2. The Hall–Kier alpha value is -6.44. The largest absolute Gasteiger partial charge is 0.310 e.